The SMILES string of the molecule is CCCCCCn1cc(CNC(C)(C)C)cn1. The first-order valence-corrected chi connectivity index (χ1v) is 6.77. The van der Waals surface area contributed by atoms with Gasteiger partial charge in [-0.2, -0.15) is 5.10 Å². The van der Waals surface area contributed by atoms with Gasteiger partial charge in [-0.15, -0.1) is 0 Å². The Morgan fingerprint density at radius 3 is 2.65 bits per heavy atom. The number of hydrogen-bond acceptors (Lipinski definition) is 2. The topological polar surface area (TPSA) is 29.9 Å². The molecular weight excluding hydrogens is 210 g/mol. The summed E-state index contributed by atoms with van der Waals surface area (Å²) < 4.78 is 2.06. The van der Waals surface area contributed by atoms with Crippen molar-refractivity contribution in [3.8, 4) is 0 Å². The first-order chi connectivity index (χ1) is 8.01. The summed E-state index contributed by atoms with van der Waals surface area (Å²) in [6.07, 6.45) is 9.30. The fraction of sp³-hybridized carbons (Fsp3) is 0.786. The lowest BCUT2D eigenvalue weighted by Gasteiger charge is -2.19. The number of nitrogens with zero attached hydrogens (tertiary/aromatic N) is 2. The zero-order valence-corrected chi connectivity index (χ0v) is 11.8. The molecule has 17 heavy (non-hydrogen) atoms. The fourth-order valence-electron chi connectivity index (χ4n) is 1.69. The molecule has 0 bridgehead atoms. The molecule has 0 fully saturated rings. The van der Waals surface area contributed by atoms with Crippen LogP contribution in [0.4, 0.5) is 0 Å². The van der Waals surface area contributed by atoms with Crippen molar-refractivity contribution < 1.29 is 0 Å². The minimum Gasteiger partial charge on any atom is -0.308 e. The molecule has 0 unspecified atom stereocenters. The van der Waals surface area contributed by atoms with E-state index in [0.717, 1.165) is 13.1 Å². The van der Waals surface area contributed by atoms with Crippen LogP contribution in [0.25, 0.3) is 0 Å². The number of hydrogen-bond donors (Lipinski definition) is 1. The Morgan fingerprint density at radius 1 is 1.24 bits per heavy atom. The van der Waals surface area contributed by atoms with Crippen molar-refractivity contribution in [2.75, 3.05) is 0 Å². The van der Waals surface area contributed by atoms with Crippen LogP contribution in [0.15, 0.2) is 12.4 Å². The second kappa shape index (κ2) is 6.80. The number of unbranched alkanes of at least 4 members (excludes halogenated alkanes) is 3. The van der Waals surface area contributed by atoms with E-state index >= 15 is 0 Å². The predicted octanol–water partition coefficient (Wildman–Crippen LogP) is 3.35. The van der Waals surface area contributed by atoms with Crippen molar-refractivity contribution in [3.63, 3.8) is 0 Å². The predicted molar refractivity (Wildman–Crippen MR) is 73.0 cm³/mol. The fourth-order valence-corrected chi connectivity index (χ4v) is 1.69. The summed E-state index contributed by atoms with van der Waals surface area (Å²) in [5.74, 6) is 0. The molecule has 0 saturated carbocycles. The maximum atomic E-state index is 4.39. The van der Waals surface area contributed by atoms with Crippen molar-refractivity contribution in [2.45, 2.75) is 72.0 Å². The van der Waals surface area contributed by atoms with Crippen LogP contribution in [-0.4, -0.2) is 15.3 Å². The summed E-state index contributed by atoms with van der Waals surface area (Å²) in [7, 11) is 0. The lowest BCUT2D eigenvalue weighted by atomic mass is 10.1. The van der Waals surface area contributed by atoms with Crippen molar-refractivity contribution in [3.05, 3.63) is 18.0 Å². The molecule has 1 N–H and O–H groups in total. The van der Waals surface area contributed by atoms with Gasteiger partial charge in [-0.3, -0.25) is 4.68 Å². The van der Waals surface area contributed by atoms with E-state index in [0.29, 0.717) is 0 Å². The molecule has 0 atom stereocenters. The van der Waals surface area contributed by atoms with Crippen molar-refractivity contribution >= 4 is 0 Å². The zero-order valence-electron chi connectivity index (χ0n) is 11.8. The van der Waals surface area contributed by atoms with Gasteiger partial charge >= 0.3 is 0 Å². The molecule has 0 spiro atoms. The Labute approximate surface area is 106 Å². The number of aryl methyl sites for hydroxylation is 1. The molecule has 0 aliphatic heterocycles. The molecule has 0 amide bonds. The summed E-state index contributed by atoms with van der Waals surface area (Å²) in [6, 6.07) is 0. The van der Waals surface area contributed by atoms with E-state index in [1.54, 1.807) is 0 Å². The van der Waals surface area contributed by atoms with Crippen LogP contribution in [0.5, 0.6) is 0 Å². The minimum absolute atomic E-state index is 0.170. The van der Waals surface area contributed by atoms with E-state index in [-0.39, 0.29) is 5.54 Å². The Kier molecular flexibility index (Phi) is 5.69. The molecule has 0 saturated heterocycles. The van der Waals surface area contributed by atoms with E-state index in [1.807, 2.05) is 6.20 Å². The van der Waals surface area contributed by atoms with Gasteiger partial charge in [-0.05, 0) is 27.2 Å². The monoisotopic (exact) mass is 237 g/mol. The third-order valence-corrected chi connectivity index (χ3v) is 2.75. The van der Waals surface area contributed by atoms with Gasteiger partial charge in [-0.25, -0.2) is 0 Å². The zero-order chi connectivity index (χ0) is 12.7. The van der Waals surface area contributed by atoms with Crippen LogP contribution < -0.4 is 5.32 Å². The van der Waals surface area contributed by atoms with Gasteiger partial charge < -0.3 is 5.32 Å². The molecule has 1 aromatic rings. The highest BCUT2D eigenvalue weighted by molar-refractivity contribution is 5.03. The maximum Gasteiger partial charge on any atom is 0.0534 e. The highest BCUT2D eigenvalue weighted by Crippen LogP contribution is 2.05. The van der Waals surface area contributed by atoms with Crippen LogP contribution in [0.3, 0.4) is 0 Å². The van der Waals surface area contributed by atoms with E-state index in [4.69, 9.17) is 0 Å². The van der Waals surface area contributed by atoms with Gasteiger partial charge in [0.2, 0.25) is 0 Å². The van der Waals surface area contributed by atoms with Crippen molar-refractivity contribution in [1.82, 2.24) is 15.1 Å². The molecule has 3 nitrogen and oxygen atoms in total. The third-order valence-electron chi connectivity index (χ3n) is 2.75. The summed E-state index contributed by atoms with van der Waals surface area (Å²) >= 11 is 0. The average molecular weight is 237 g/mol. The van der Waals surface area contributed by atoms with Crippen molar-refractivity contribution in [2.24, 2.45) is 0 Å². The number of aromatic nitrogens is 2. The average Bonchev–Trinajstić information content (AvgIpc) is 2.69. The lowest BCUT2D eigenvalue weighted by molar-refractivity contribution is 0.424. The van der Waals surface area contributed by atoms with E-state index in [2.05, 4.69) is 49.0 Å². The Hall–Kier alpha value is -0.830. The van der Waals surface area contributed by atoms with Crippen LogP contribution in [0.1, 0.15) is 58.9 Å². The molecule has 0 aliphatic carbocycles. The van der Waals surface area contributed by atoms with E-state index in [9.17, 15) is 0 Å². The number of nitrogens with one attached hydrogen (secondary N) is 1. The molecule has 1 heterocycles. The van der Waals surface area contributed by atoms with Gasteiger partial charge in [-0.1, -0.05) is 26.2 Å². The summed E-state index contributed by atoms with van der Waals surface area (Å²) in [6.45, 7) is 10.7. The first kappa shape index (κ1) is 14.2. The summed E-state index contributed by atoms with van der Waals surface area (Å²) in [5, 5.41) is 7.87. The van der Waals surface area contributed by atoms with Gasteiger partial charge in [0.05, 0.1) is 6.20 Å². The van der Waals surface area contributed by atoms with Gasteiger partial charge in [0.25, 0.3) is 0 Å². The maximum absolute atomic E-state index is 4.39. The quantitative estimate of drug-likeness (QED) is 0.737. The smallest absolute Gasteiger partial charge is 0.0534 e. The highest BCUT2D eigenvalue weighted by Gasteiger charge is 2.08. The Balaban J connectivity index is 2.28. The second-order valence-corrected chi connectivity index (χ2v) is 5.78. The molecule has 1 rings (SSSR count). The van der Waals surface area contributed by atoms with Gasteiger partial charge in [0, 0.05) is 30.4 Å². The van der Waals surface area contributed by atoms with Gasteiger partial charge in [0.1, 0.15) is 0 Å². The van der Waals surface area contributed by atoms with Gasteiger partial charge in [0.15, 0.2) is 0 Å². The largest absolute Gasteiger partial charge is 0.308 e. The molecule has 3 heteroatoms. The second-order valence-electron chi connectivity index (χ2n) is 5.78. The first-order valence-electron chi connectivity index (χ1n) is 6.77. The molecule has 0 aliphatic rings. The molecule has 1 aromatic heterocycles. The summed E-state index contributed by atoms with van der Waals surface area (Å²) in [4.78, 5) is 0. The molecule has 0 radical (unpaired) electrons. The minimum atomic E-state index is 0.170. The summed E-state index contributed by atoms with van der Waals surface area (Å²) in [5.41, 5.74) is 1.44. The third kappa shape index (κ3) is 6.47. The van der Waals surface area contributed by atoms with Crippen molar-refractivity contribution in [1.29, 1.82) is 0 Å². The Bertz CT molecular complexity index is 310. The standard InChI is InChI=1S/C14H27N3/c1-5-6-7-8-9-17-12-13(11-16-17)10-15-14(2,3)4/h11-12,15H,5-10H2,1-4H3. The van der Waals surface area contributed by atoms with E-state index < -0.39 is 0 Å². The highest BCUT2D eigenvalue weighted by atomic mass is 15.3. The van der Waals surface area contributed by atoms with Crippen LogP contribution in [0.2, 0.25) is 0 Å². The van der Waals surface area contributed by atoms with Crippen LogP contribution >= 0.6 is 0 Å². The lowest BCUT2D eigenvalue weighted by Crippen LogP contribution is -2.34. The Morgan fingerprint density at radius 2 is 2.00 bits per heavy atom. The number of rotatable bonds is 7. The van der Waals surface area contributed by atoms with Crippen LogP contribution in [-0.2, 0) is 13.1 Å². The molecule has 0 aromatic carbocycles. The molecular formula is C14H27N3. The van der Waals surface area contributed by atoms with E-state index in [1.165, 1.54) is 31.2 Å². The van der Waals surface area contributed by atoms with Crippen LogP contribution in [0, 0.1) is 0 Å². The molecule has 98 valence electrons. The normalized spacial score (nSPS) is 12.0.